The van der Waals surface area contributed by atoms with E-state index < -0.39 is 0 Å². The zero-order chi connectivity index (χ0) is 19.1. The molecule has 0 fully saturated rings. The third kappa shape index (κ3) is 4.31. The number of fused-ring (bicyclic) bond motifs is 1. The van der Waals surface area contributed by atoms with Gasteiger partial charge in [0.05, 0.1) is 0 Å². The molecule has 4 heteroatoms. The van der Waals surface area contributed by atoms with Crippen molar-refractivity contribution in [2.24, 2.45) is 5.41 Å². The second-order valence-corrected chi connectivity index (χ2v) is 9.35. The van der Waals surface area contributed by atoms with Crippen molar-refractivity contribution in [2.45, 2.75) is 32.1 Å². The minimum absolute atomic E-state index is 0. The molecule has 0 nitrogen and oxygen atoms in total. The average molecular weight is 492 g/mol. The molecule has 0 saturated heterocycles. The summed E-state index contributed by atoms with van der Waals surface area (Å²) in [6.07, 6.45) is 2.38. The van der Waals surface area contributed by atoms with E-state index in [1.54, 1.807) is 0 Å². The van der Waals surface area contributed by atoms with E-state index in [1.165, 1.54) is 26.1 Å². The van der Waals surface area contributed by atoms with Gasteiger partial charge < -0.3 is 37.2 Å². The van der Waals surface area contributed by atoms with Crippen molar-refractivity contribution in [1.82, 2.24) is 0 Å². The molecule has 0 saturated carbocycles. The zero-order valence-electron chi connectivity index (χ0n) is 17.4. The molecule has 4 rings (SSSR count). The fraction of sp³-hybridized carbons (Fsp3) is 0.231. The largest absolute Gasteiger partial charge is 1.00 e. The molecule has 0 aliphatic heterocycles. The summed E-state index contributed by atoms with van der Waals surface area (Å²) in [5.74, 6) is 0.318. The monoisotopic (exact) mass is 490 g/mol. The van der Waals surface area contributed by atoms with Crippen LogP contribution in [0.5, 0.6) is 0 Å². The summed E-state index contributed by atoms with van der Waals surface area (Å²) in [5.41, 5.74) is 5.45. The molecule has 0 heterocycles. The Bertz CT molecular complexity index is 936. The van der Waals surface area contributed by atoms with Gasteiger partial charge in [0.1, 0.15) is 0 Å². The van der Waals surface area contributed by atoms with Gasteiger partial charge in [-0.15, -0.1) is 0 Å². The van der Waals surface area contributed by atoms with Gasteiger partial charge in [-0.3, -0.25) is 0 Å². The molecule has 1 unspecified atom stereocenters. The van der Waals surface area contributed by atoms with E-state index in [1.807, 2.05) is 0 Å². The molecule has 1 aliphatic carbocycles. The minimum Gasteiger partial charge on any atom is -1.00 e. The van der Waals surface area contributed by atoms with Crippen molar-refractivity contribution in [3.8, 4) is 0 Å². The number of allylic oxidation sites excluding steroid dienone is 1. The van der Waals surface area contributed by atoms with Gasteiger partial charge in [-0.05, 0) is 0 Å². The second-order valence-electron chi connectivity index (χ2n) is 8.45. The normalized spacial score (nSPS) is 15.1. The van der Waals surface area contributed by atoms with Crippen LogP contribution in [0, 0.1) is 5.41 Å². The number of hydrogen-bond acceptors (Lipinski definition) is 0. The Hall–Kier alpha value is -1.02. The smallest absolute Gasteiger partial charge is 1.00 e. The minimum atomic E-state index is -0.150. The average Bonchev–Trinajstić information content (AvgIpc) is 3.00. The molecule has 0 spiro atoms. The van der Waals surface area contributed by atoms with Crippen molar-refractivity contribution >= 4 is 6.08 Å². The Kier molecular flexibility index (Phi) is 9.49. The van der Waals surface area contributed by atoms with E-state index >= 15 is 0 Å². The van der Waals surface area contributed by atoms with Crippen molar-refractivity contribution in [1.29, 1.82) is 0 Å². The molecule has 1 aliphatic rings. The van der Waals surface area contributed by atoms with Gasteiger partial charge in [-0.1, -0.05) is 0 Å². The molecule has 0 bridgehead atoms. The van der Waals surface area contributed by atoms with Crippen LogP contribution in [0.3, 0.4) is 0 Å². The Morgan fingerprint density at radius 1 is 0.633 bits per heavy atom. The van der Waals surface area contributed by atoms with Crippen LogP contribution in [0.1, 0.15) is 48.9 Å². The predicted octanol–water partition coefficient (Wildman–Crippen LogP) is -2.28. The van der Waals surface area contributed by atoms with Crippen LogP contribution in [0.25, 0.3) is 6.08 Å². The van der Waals surface area contributed by atoms with Gasteiger partial charge in [0.2, 0.25) is 0 Å². The van der Waals surface area contributed by atoms with Crippen LogP contribution in [0.4, 0.5) is 0 Å². The number of halogens is 3. The van der Waals surface area contributed by atoms with Gasteiger partial charge in [-0.25, -0.2) is 0 Å². The topological polar surface area (TPSA) is 0 Å². The summed E-state index contributed by atoms with van der Waals surface area (Å²) in [7, 11) is 0. The number of hydrogen-bond donors (Lipinski definition) is 0. The first kappa shape index (κ1) is 27.0. The summed E-state index contributed by atoms with van der Waals surface area (Å²) < 4.78 is 1.44. The number of rotatable bonds is 3. The van der Waals surface area contributed by atoms with E-state index in [9.17, 15) is 0 Å². The van der Waals surface area contributed by atoms with Crippen LogP contribution in [0.2, 0.25) is 0 Å². The molecule has 154 valence electrons. The van der Waals surface area contributed by atoms with Crippen molar-refractivity contribution < 1.29 is 57.7 Å². The Morgan fingerprint density at radius 2 is 1.07 bits per heavy atom. The van der Waals surface area contributed by atoms with Crippen molar-refractivity contribution in [3.05, 3.63) is 111 Å². The van der Waals surface area contributed by atoms with E-state index in [0.717, 1.165) is 0 Å². The van der Waals surface area contributed by atoms with Crippen LogP contribution in [0.15, 0.2) is 88.8 Å². The first-order valence-corrected chi connectivity index (χ1v) is 10.4. The van der Waals surface area contributed by atoms with Crippen LogP contribution in [-0.4, -0.2) is 0 Å². The molecular weight excluding hydrogens is 467 g/mol. The van der Waals surface area contributed by atoms with Crippen LogP contribution >= 0.6 is 0 Å². The molecular formula is C26H25Cl3Ti. The maximum atomic E-state index is 2.39. The quantitative estimate of drug-likeness (QED) is 0.362. The summed E-state index contributed by atoms with van der Waals surface area (Å²) in [4.78, 5) is 0. The van der Waals surface area contributed by atoms with Crippen LogP contribution in [-0.2, 0) is 25.9 Å². The van der Waals surface area contributed by atoms with E-state index in [2.05, 4.69) is 132 Å². The van der Waals surface area contributed by atoms with Crippen molar-refractivity contribution in [2.75, 3.05) is 0 Å². The Labute approximate surface area is 211 Å². The molecule has 0 amide bonds. The Balaban J connectivity index is 0.00000150. The zero-order valence-corrected chi connectivity index (χ0v) is 21.2. The SMILES string of the molecule is CC(C)(C)C(c1ccccc1)(c1ccccc1)C1[C]([Ti+3])=Cc2ccccc21.[Cl-].[Cl-].[Cl-]. The van der Waals surface area contributed by atoms with Gasteiger partial charge in [0.15, 0.2) is 0 Å². The molecule has 0 aromatic heterocycles. The predicted molar refractivity (Wildman–Crippen MR) is 110 cm³/mol. The molecule has 30 heavy (non-hydrogen) atoms. The van der Waals surface area contributed by atoms with Gasteiger partial charge in [-0.2, -0.15) is 0 Å². The molecule has 0 N–H and O–H groups in total. The van der Waals surface area contributed by atoms with Crippen LogP contribution < -0.4 is 37.2 Å². The van der Waals surface area contributed by atoms with Gasteiger partial charge in [0.25, 0.3) is 0 Å². The summed E-state index contributed by atoms with van der Waals surface area (Å²) in [5, 5.41) is 0. The van der Waals surface area contributed by atoms with Gasteiger partial charge in [0, 0.05) is 0 Å². The third-order valence-corrected chi connectivity index (χ3v) is 6.68. The summed E-state index contributed by atoms with van der Waals surface area (Å²) >= 11 is 2.30. The maximum Gasteiger partial charge on any atom is -1.00 e. The first-order valence-electron chi connectivity index (χ1n) is 9.59. The molecule has 3 aromatic rings. The maximum absolute atomic E-state index is 2.39. The van der Waals surface area contributed by atoms with E-state index in [0.29, 0.717) is 5.92 Å². The number of benzene rings is 3. The third-order valence-electron chi connectivity index (χ3n) is 6.00. The fourth-order valence-electron chi connectivity index (χ4n) is 4.99. The second kappa shape index (κ2) is 10.5. The first-order chi connectivity index (χ1) is 13.0. The van der Waals surface area contributed by atoms with Gasteiger partial charge >= 0.3 is 175 Å². The summed E-state index contributed by atoms with van der Waals surface area (Å²) in [6, 6.07) is 31.1. The van der Waals surface area contributed by atoms with E-state index in [-0.39, 0.29) is 48.1 Å². The van der Waals surface area contributed by atoms with E-state index in [4.69, 9.17) is 0 Å². The molecule has 1 atom stereocenters. The van der Waals surface area contributed by atoms with Crippen molar-refractivity contribution in [3.63, 3.8) is 0 Å². The standard InChI is InChI=1S/C26H25.3ClH.Ti/c1-25(2,3)26(21-13-6-4-7-14-21,22-15-8-5-9-16-22)24-19-18-20-12-10-11-17-23(20)24;;;;/h4-18,24H,1-3H3;3*1H;/q;;;;+3/p-3. The molecule has 3 aromatic carbocycles. The fourth-order valence-corrected chi connectivity index (χ4v) is 5.81. The Morgan fingerprint density at radius 3 is 1.53 bits per heavy atom. The summed E-state index contributed by atoms with van der Waals surface area (Å²) in [6.45, 7) is 7.17. The molecule has 0 radical (unpaired) electrons.